The predicted molar refractivity (Wildman–Crippen MR) is 70.0 cm³/mol. The molecule has 0 saturated carbocycles. The summed E-state index contributed by atoms with van der Waals surface area (Å²) in [5.41, 5.74) is 2.31. The second-order valence-corrected chi connectivity index (χ2v) is 2.94. The maximum Gasteiger partial charge on any atom is 1.00 e. The molecular weight excluding hydrogens is 235 g/mol. The van der Waals surface area contributed by atoms with Crippen LogP contribution in [0.4, 0.5) is 0 Å². The molecule has 86 valence electrons. The summed E-state index contributed by atoms with van der Waals surface area (Å²) in [7, 11) is 0. The summed E-state index contributed by atoms with van der Waals surface area (Å²) in [6, 6.07) is 10.0. The molecular formula is C14H19KN2. The average Bonchev–Trinajstić information content (AvgIpc) is 2.34. The second kappa shape index (κ2) is 11.1. The van der Waals surface area contributed by atoms with Crippen LogP contribution in [0, 0.1) is 14.4 Å². The fraction of sp³-hybridized carbons (Fsp3) is 0.214. The van der Waals surface area contributed by atoms with Gasteiger partial charge in [0.05, 0.1) is 0 Å². The second-order valence-electron chi connectivity index (χ2n) is 2.94. The molecule has 0 aliphatic heterocycles. The molecule has 0 fully saturated rings. The normalized spacial score (nSPS) is 7.94. The molecule has 1 heterocycles. The minimum absolute atomic E-state index is 0. The molecule has 2 nitrogen and oxygen atoms in total. The summed E-state index contributed by atoms with van der Waals surface area (Å²) in [6.07, 6.45) is 3.50. The summed E-state index contributed by atoms with van der Waals surface area (Å²) in [5.74, 6) is 0.780. The Bertz CT molecular complexity index is 385. The first-order valence-corrected chi connectivity index (χ1v) is 5.20. The summed E-state index contributed by atoms with van der Waals surface area (Å²) in [4.78, 5) is 8.34. The zero-order valence-corrected chi connectivity index (χ0v) is 14.6. The Balaban J connectivity index is 0. The Morgan fingerprint density at radius 3 is 1.82 bits per heavy atom. The van der Waals surface area contributed by atoms with Gasteiger partial charge in [0.25, 0.3) is 0 Å². The summed E-state index contributed by atoms with van der Waals surface area (Å²) >= 11 is 0. The van der Waals surface area contributed by atoms with E-state index in [0.29, 0.717) is 0 Å². The van der Waals surface area contributed by atoms with Crippen molar-refractivity contribution in [3.05, 3.63) is 55.7 Å². The molecule has 1 aromatic heterocycles. The number of rotatable bonds is 1. The molecule has 1 aromatic carbocycles. The van der Waals surface area contributed by atoms with Crippen molar-refractivity contribution in [2.24, 2.45) is 0 Å². The first-order chi connectivity index (χ1) is 7.36. The maximum absolute atomic E-state index is 4.17. The van der Waals surface area contributed by atoms with E-state index in [1.807, 2.05) is 32.0 Å². The van der Waals surface area contributed by atoms with Gasteiger partial charge in [0.1, 0.15) is 0 Å². The number of hydrogen-bond donors (Lipinski definition) is 0. The molecule has 0 radical (unpaired) electrons. The molecule has 0 unspecified atom stereocenters. The monoisotopic (exact) mass is 254 g/mol. The molecule has 0 saturated heterocycles. The van der Waals surface area contributed by atoms with Gasteiger partial charge < -0.3 is 7.43 Å². The van der Waals surface area contributed by atoms with E-state index in [-0.39, 0.29) is 58.8 Å². The van der Waals surface area contributed by atoms with Gasteiger partial charge >= 0.3 is 51.4 Å². The number of aromatic nitrogens is 2. The fourth-order valence-electron chi connectivity index (χ4n) is 1.15. The van der Waals surface area contributed by atoms with E-state index in [1.54, 1.807) is 12.4 Å². The van der Waals surface area contributed by atoms with Gasteiger partial charge in [0.15, 0.2) is 5.82 Å². The van der Waals surface area contributed by atoms with Crippen molar-refractivity contribution in [3.8, 4) is 11.4 Å². The third kappa shape index (κ3) is 6.43. The molecule has 3 heteroatoms. The zero-order valence-electron chi connectivity index (χ0n) is 11.4. The molecule has 17 heavy (non-hydrogen) atoms. The standard InChI is InChI=1S/C11H10N2.C2H6.CH3.K/c1-9-3-5-10(6-4-9)11-12-7-2-8-13-11;1-2;;/h2-8H,1H3;1-2H3;1H3;/q;;-1;+1. The Kier molecular flexibility index (Phi) is 12.5. The van der Waals surface area contributed by atoms with E-state index in [9.17, 15) is 0 Å². The predicted octanol–water partition coefficient (Wildman–Crippen LogP) is 0.933. The van der Waals surface area contributed by atoms with Gasteiger partial charge in [-0.1, -0.05) is 43.7 Å². The molecule has 0 bridgehead atoms. The van der Waals surface area contributed by atoms with Crippen LogP contribution >= 0.6 is 0 Å². The summed E-state index contributed by atoms with van der Waals surface area (Å²) in [5, 5.41) is 0. The smallest absolute Gasteiger partial charge is 0.358 e. The van der Waals surface area contributed by atoms with Crippen LogP contribution in [0.3, 0.4) is 0 Å². The maximum atomic E-state index is 4.17. The Morgan fingerprint density at radius 1 is 0.882 bits per heavy atom. The van der Waals surface area contributed by atoms with Crippen LogP contribution in [0.15, 0.2) is 42.7 Å². The topological polar surface area (TPSA) is 25.8 Å². The van der Waals surface area contributed by atoms with E-state index in [4.69, 9.17) is 0 Å². The van der Waals surface area contributed by atoms with Crippen LogP contribution in [0.1, 0.15) is 19.4 Å². The number of hydrogen-bond acceptors (Lipinski definition) is 2. The quantitative estimate of drug-likeness (QED) is 0.559. The molecule has 0 amide bonds. The molecule has 0 aliphatic rings. The van der Waals surface area contributed by atoms with E-state index >= 15 is 0 Å². The van der Waals surface area contributed by atoms with Crippen LogP contribution < -0.4 is 51.4 Å². The molecule has 2 aromatic rings. The van der Waals surface area contributed by atoms with Gasteiger partial charge in [0.2, 0.25) is 0 Å². The van der Waals surface area contributed by atoms with Crippen molar-refractivity contribution < 1.29 is 51.4 Å². The Morgan fingerprint density at radius 2 is 1.35 bits per heavy atom. The van der Waals surface area contributed by atoms with Gasteiger partial charge in [0, 0.05) is 18.0 Å². The molecule has 0 N–H and O–H groups in total. The SMILES string of the molecule is CC.Cc1ccc(-c2ncccn2)cc1.[CH3-].[K+]. The van der Waals surface area contributed by atoms with Crippen molar-refractivity contribution in [1.82, 2.24) is 9.97 Å². The van der Waals surface area contributed by atoms with Crippen molar-refractivity contribution in [2.45, 2.75) is 20.8 Å². The van der Waals surface area contributed by atoms with Crippen molar-refractivity contribution in [2.75, 3.05) is 0 Å². The molecule has 0 atom stereocenters. The number of benzene rings is 1. The summed E-state index contributed by atoms with van der Waals surface area (Å²) < 4.78 is 0. The summed E-state index contributed by atoms with van der Waals surface area (Å²) in [6.45, 7) is 6.07. The first-order valence-electron chi connectivity index (χ1n) is 5.20. The van der Waals surface area contributed by atoms with Crippen LogP contribution in [0.2, 0.25) is 0 Å². The fourth-order valence-corrected chi connectivity index (χ4v) is 1.15. The number of aryl methyl sites for hydroxylation is 1. The Labute approximate surface area is 147 Å². The first kappa shape index (κ1) is 19.3. The van der Waals surface area contributed by atoms with Crippen LogP contribution in [-0.4, -0.2) is 9.97 Å². The van der Waals surface area contributed by atoms with Crippen molar-refractivity contribution in [3.63, 3.8) is 0 Å². The zero-order chi connectivity index (χ0) is 11.1. The third-order valence-electron chi connectivity index (χ3n) is 1.88. The minimum atomic E-state index is 0. The van der Waals surface area contributed by atoms with E-state index in [2.05, 4.69) is 29.0 Å². The average molecular weight is 254 g/mol. The minimum Gasteiger partial charge on any atom is -0.358 e. The van der Waals surface area contributed by atoms with Gasteiger partial charge in [-0.15, -0.1) is 0 Å². The van der Waals surface area contributed by atoms with E-state index in [0.717, 1.165) is 11.4 Å². The molecule has 2 rings (SSSR count). The molecule has 0 spiro atoms. The van der Waals surface area contributed by atoms with Crippen LogP contribution in [0.5, 0.6) is 0 Å². The third-order valence-corrected chi connectivity index (χ3v) is 1.88. The molecule has 0 aliphatic carbocycles. The largest absolute Gasteiger partial charge is 1.00 e. The van der Waals surface area contributed by atoms with E-state index < -0.39 is 0 Å². The van der Waals surface area contributed by atoms with Crippen molar-refractivity contribution in [1.29, 1.82) is 0 Å². The number of nitrogens with zero attached hydrogens (tertiary/aromatic N) is 2. The van der Waals surface area contributed by atoms with Gasteiger partial charge in [-0.05, 0) is 13.0 Å². The van der Waals surface area contributed by atoms with Gasteiger partial charge in [-0.25, -0.2) is 9.97 Å². The van der Waals surface area contributed by atoms with Crippen LogP contribution in [-0.2, 0) is 0 Å². The Hall–Kier alpha value is -0.0636. The van der Waals surface area contributed by atoms with Crippen molar-refractivity contribution >= 4 is 0 Å². The van der Waals surface area contributed by atoms with Gasteiger partial charge in [-0.2, -0.15) is 0 Å². The van der Waals surface area contributed by atoms with Gasteiger partial charge in [-0.3, -0.25) is 0 Å². The van der Waals surface area contributed by atoms with Crippen LogP contribution in [0.25, 0.3) is 11.4 Å². The van der Waals surface area contributed by atoms with E-state index in [1.165, 1.54) is 5.56 Å².